The highest BCUT2D eigenvalue weighted by Crippen LogP contribution is 2.33. The number of urea groups is 1. The van der Waals surface area contributed by atoms with Crippen LogP contribution in [0.4, 0.5) is 16.2 Å². The summed E-state index contributed by atoms with van der Waals surface area (Å²) < 4.78 is 0. The lowest BCUT2D eigenvalue weighted by molar-refractivity contribution is -0.124. The Labute approximate surface area is 186 Å². The summed E-state index contributed by atoms with van der Waals surface area (Å²) in [6, 6.07) is 12.9. The molecule has 32 heavy (non-hydrogen) atoms. The summed E-state index contributed by atoms with van der Waals surface area (Å²) in [6.45, 7) is 5.16. The van der Waals surface area contributed by atoms with Gasteiger partial charge in [0.05, 0.1) is 5.82 Å². The molecule has 1 unspecified atom stereocenters. The number of carbonyl (C=O) groups is 3. The van der Waals surface area contributed by atoms with Crippen molar-refractivity contribution in [3.05, 3.63) is 71.6 Å². The number of aryl methyl sites for hydroxylation is 1. The van der Waals surface area contributed by atoms with E-state index < -0.39 is 5.54 Å². The van der Waals surface area contributed by atoms with Gasteiger partial charge in [-0.2, -0.15) is 0 Å². The number of fused-ring (bicyclic) bond motifs is 1. The maximum atomic E-state index is 12.8. The molecule has 2 aromatic rings. The Morgan fingerprint density at radius 3 is 2.53 bits per heavy atom. The zero-order chi connectivity index (χ0) is 22.5. The number of likely N-dealkylation sites (N-methyl/N-ethyl adjacent to an activating group) is 1. The zero-order valence-electron chi connectivity index (χ0n) is 17.9. The molecule has 0 saturated carbocycles. The summed E-state index contributed by atoms with van der Waals surface area (Å²) in [5.41, 5.74) is 3.57. The van der Waals surface area contributed by atoms with Crippen LogP contribution in [0.3, 0.4) is 0 Å². The number of hydrogen-bond donors (Lipinski definition) is 3. The number of anilines is 2. The van der Waals surface area contributed by atoms with Gasteiger partial charge in [-0.25, -0.2) is 4.79 Å². The predicted molar refractivity (Wildman–Crippen MR) is 121 cm³/mol. The first kappa shape index (κ1) is 20.1. The minimum Gasteiger partial charge on any atom is -0.358 e. The fourth-order valence-electron chi connectivity index (χ4n) is 4.68. The first-order valence-electron chi connectivity index (χ1n) is 10.7. The number of benzene rings is 2. The number of nitrogens with zero attached hydrogens (tertiary/aromatic N) is 2. The Hall–Kier alpha value is -3.81. The van der Waals surface area contributed by atoms with E-state index in [1.807, 2.05) is 24.3 Å². The zero-order valence-corrected chi connectivity index (χ0v) is 17.9. The average Bonchev–Trinajstić information content (AvgIpc) is 3.25. The molecule has 8 nitrogen and oxygen atoms in total. The third kappa shape index (κ3) is 3.37. The third-order valence-electron chi connectivity index (χ3n) is 6.52. The van der Waals surface area contributed by atoms with Gasteiger partial charge in [-0.15, -0.1) is 0 Å². The molecule has 8 heteroatoms. The van der Waals surface area contributed by atoms with E-state index in [2.05, 4.69) is 22.5 Å². The molecule has 0 aromatic heterocycles. The molecule has 1 aliphatic carbocycles. The van der Waals surface area contributed by atoms with E-state index in [0.29, 0.717) is 49.4 Å². The molecule has 3 N–H and O–H groups in total. The second-order valence-electron chi connectivity index (χ2n) is 8.66. The van der Waals surface area contributed by atoms with Crippen LogP contribution in [0.25, 0.3) is 0 Å². The minimum atomic E-state index is -0.638. The van der Waals surface area contributed by atoms with Gasteiger partial charge in [-0.3, -0.25) is 14.5 Å². The second kappa shape index (κ2) is 7.40. The highest BCUT2D eigenvalue weighted by atomic mass is 16.2. The fraction of sp³-hybridized carbons (Fsp3) is 0.292. The summed E-state index contributed by atoms with van der Waals surface area (Å²) in [5, 5.41) is 8.88. The average molecular weight is 431 g/mol. The lowest BCUT2D eigenvalue weighted by Gasteiger charge is -2.32. The highest BCUT2D eigenvalue weighted by Gasteiger charge is 2.45. The second-order valence-corrected chi connectivity index (χ2v) is 8.66. The molecule has 2 aliphatic heterocycles. The SMILES string of the molecule is C=C1NC(=O)C2(CCc3cc(C(=O)Nc4ccc(N5CCN(C)C5=O)cc4)ccc3C2)N1. The van der Waals surface area contributed by atoms with Crippen LogP contribution in [0.15, 0.2) is 54.9 Å². The van der Waals surface area contributed by atoms with E-state index in [-0.39, 0.29) is 17.8 Å². The summed E-state index contributed by atoms with van der Waals surface area (Å²) in [6.07, 6.45) is 1.93. The molecule has 1 atom stereocenters. The Bertz CT molecular complexity index is 1140. The Morgan fingerprint density at radius 1 is 1.09 bits per heavy atom. The minimum absolute atomic E-state index is 0.0211. The van der Waals surface area contributed by atoms with Gasteiger partial charge >= 0.3 is 6.03 Å². The summed E-state index contributed by atoms with van der Waals surface area (Å²) in [7, 11) is 1.78. The van der Waals surface area contributed by atoms with Crippen LogP contribution in [-0.4, -0.2) is 48.4 Å². The van der Waals surface area contributed by atoms with Crippen LogP contribution in [0.5, 0.6) is 0 Å². The van der Waals surface area contributed by atoms with Crippen molar-refractivity contribution in [2.75, 3.05) is 30.4 Å². The Balaban J connectivity index is 1.27. The molecule has 2 saturated heterocycles. The van der Waals surface area contributed by atoms with Crippen LogP contribution in [0.2, 0.25) is 0 Å². The summed E-state index contributed by atoms with van der Waals surface area (Å²) >= 11 is 0. The molecular weight excluding hydrogens is 406 g/mol. The Morgan fingerprint density at radius 2 is 1.88 bits per heavy atom. The van der Waals surface area contributed by atoms with E-state index in [9.17, 15) is 14.4 Å². The van der Waals surface area contributed by atoms with Crippen molar-refractivity contribution in [2.45, 2.75) is 24.8 Å². The molecule has 164 valence electrons. The topological polar surface area (TPSA) is 93.8 Å². The van der Waals surface area contributed by atoms with Crippen molar-refractivity contribution >= 4 is 29.2 Å². The Kier molecular flexibility index (Phi) is 4.65. The number of amides is 4. The van der Waals surface area contributed by atoms with Gasteiger partial charge in [-0.1, -0.05) is 12.6 Å². The van der Waals surface area contributed by atoms with E-state index in [1.165, 1.54) is 0 Å². The molecule has 5 rings (SSSR count). The van der Waals surface area contributed by atoms with E-state index in [0.717, 1.165) is 16.8 Å². The van der Waals surface area contributed by atoms with Crippen LogP contribution < -0.4 is 20.9 Å². The summed E-state index contributed by atoms with van der Waals surface area (Å²) in [5.74, 6) is 0.310. The molecule has 1 spiro atoms. The van der Waals surface area contributed by atoms with Crippen molar-refractivity contribution in [1.82, 2.24) is 15.5 Å². The standard InChI is InChI=1S/C24H25N5O3/c1-15-25-22(31)24(27-15)10-9-16-13-17(3-4-18(16)14-24)21(30)26-19-5-7-20(8-6-19)29-12-11-28(2)23(29)32/h3-8,13,27H,1,9-12,14H2,2H3,(H,25,31)(H,26,30). The molecule has 0 bridgehead atoms. The molecule has 4 amide bonds. The molecule has 2 aromatic carbocycles. The number of carbonyl (C=O) groups excluding carboxylic acids is 3. The van der Waals surface area contributed by atoms with Crippen molar-refractivity contribution in [3.8, 4) is 0 Å². The summed E-state index contributed by atoms with van der Waals surface area (Å²) in [4.78, 5) is 40.7. The van der Waals surface area contributed by atoms with Crippen LogP contribution in [0, 0.1) is 0 Å². The van der Waals surface area contributed by atoms with Crippen molar-refractivity contribution in [2.24, 2.45) is 0 Å². The monoisotopic (exact) mass is 431 g/mol. The van der Waals surface area contributed by atoms with Crippen molar-refractivity contribution < 1.29 is 14.4 Å². The molecule has 2 heterocycles. The van der Waals surface area contributed by atoms with E-state index in [4.69, 9.17) is 0 Å². The number of hydrogen-bond acceptors (Lipinski definition) is 4. The highest BCUT2D eigenvalue weighted by molar-refractivity contribution is 6.04. The normalized spacial score (nSPS) is 22.1. The fourth-order valence-corrected chi connectivity index (χ4v) is 4.68. The predicted octanol–water partition coefficient (Wildman–Crippen LogP) is 2.23. The third-order valence-corrected chi connectivity index (χ3v) is 6.52. The maximum absolute atomic E-state index is 12.8. The lowest BCUT2D eigenvalue weighted by Crippen LogP contribution is -2.50. The van der Waals surface area contributed by atoms with Gasteiger partial charge in [-0.05, 0) is 60.4 Å². The molecular formula is C24H25N5O3. The van der Waals surface area contributed by atoms with Crippen LogP contribution >= 0.6 is 0 Å². The quantitative estimate of drug-likeness (QED) is 0.695. The smallest absolute Gasteiger partial charge is 0.324 e. The van der Waals surface area contributed by atoms with Gasteiger partial charge < -0.3 is 20.9 Å². The number of rotatable bonds is 3. The van der Waals surface area contributed by atoms with Crippen molar-refractivity contribution in [1.29, 1.82) is 0 Å². The van der Waals surface area contributed by atoms with Crippen molar-refractivity contribution in [3.63, 3.8) is 0 Å². The molecule has 0 radical (unpaired) electrons. The first-order chi connectivity index (χ1) is 15.3. The maximum Gasteiger partial charge on any atom is 0.324 e. The van der Waals surface area contributed by atoms with Crippen LogP contribution in [0.1, 0.15) is 27.9 Å². The largest absolute Gasteiger partial charge is 0.358 e. The van der Waals surface area contributed by atoms with Gasteiger partial charge in [0.25, 0.3) is 11.8 Å². The van der Waals surface area contributed by atoms with Crippen LogP contribution in [-0.2, 0) is 17.6 Å². The van der Waals surface area contributed by atoms with Gasteiger partial charge in [0.15, 0.2) is 0 Å². The van der Waals surface area contributed by atoms with Gasteiger partial charge in [0, 0.05) is 43.5 Å². The van der Waals surface area contributed by atoms with E-state index >= 15 is 0 Å². The molecule has 2 fully saturated rings. The van der Waals surface area contributed by atoms with Gasteiger partial charge in [0.1, 0.15) is 5.54 Å². The first-order valence-corrected chi connectivity index (χ1v) is 10.7. The van der Waals surface area contributed by atoms with E-state index in [1.54, 1.807) is 35.0 Å². The van der Waals surface area contributed by atoms with Gasteiger partial charge in [0.2, 0.25) is 0 Å². The lowest BCUT2D eigenvalue weighted by atomic mass is 9.77. The number of nitrogens with one attached hydrogen (secondary N) is 3. The molecule has 3 aliphatic rings.